The number of urea groups is 1. The number of hydrogen-bond donors (Lipinski definition) is 2. The van der Waals surface area contributed by atoms with Gasteiger partial charge in [-0.15, -0.1) is 22.7 Å². The zero-order chi connectivity index (χ0) is 14.7. The van der Waals surface area contributed by atoms with Crippen LogP contribution in [0, 0.1) is 6.92 Å². The molecule has 0 aliphatic rings. The first kappa shape index (κ1) is 13.8. The van der Waals surface area contributed by atoms with Crippen LogP contribution in [0.2, 0.25) is 0 Å². The smallest absolute Gasteiger partial charge is 0.320 e. The molecule has 7 heteroatoms. The fourth-order valence-electron chi connectivity index (χ4n) is 1.76. The summed E-state index contributed by atoms with van der Waals surface area (Å²) in [5.74, 6) is 0.748. The maximum Gasteiger partial charge on any atom is 0.320 e. The summed E-state index contributed by atoms with van der Waals surface area (Å²) in [5.41, 5.74) is 0.905. The Kier molecular flexibility index (Phi) is 4.03. The van der Waals surface area contributed by atoms with Crippen LogP contribution in [0.15, 0.2) is 40.3 Å². The maximum absolute atomic E-state index is 11.8. The van der Waals surface area contributed by atoms with Crippen LogP contribution in [0.3, 0.4) is 0 Å². The molecule has 0 spiro atoms. The molecule has 0 aliphatic carbocycles. The number of furan rings is 1. The quantitative estimate of drug-likeness (QED) is 0.761. The first-order valence-corrected chi connectivity index (χ1v) is 8.00. The Hall–Kier alpha value is -2.12. The van der Waals surface area contributed by atoms with Gasteiger partial charge in [-0.25, -0.2) is 9.78 Å². The molecular formula is C14H13N3O2S2. The molecular weight excluding hydrogens is 306 g/mol. The highest BCUT2D eigenvalue weighted by molar-refractivity contribution is 7.15. The zero-order valence-corrected chi connectivity index (χ0v) is 12.9. The second-order valence-corrected chi connectivity index (χ2v) is 6.32. The molecule has 5 nitrogen and oxygen atoms in total. The number of hydrogen-bond acceptors (Lipinski definition) is 5. The molecule has 0 saturated heterocycles. The third-order valence-corrected chi connectivity index (χ3v) is 4.75. The number of thiazole rings is 1. The number of rotatable bonds is 4. The highest BCUT2D eigenvalue weighted by Crippen LogP contribution is 2.28. The van der Waals surface area contributed by atoms with Gasteiger partial charge in [0.05, 0.1) is 23.5 Å². The molecule has 0 bridgehead atoms. The molecule has 0 saturated carbocycles. The molecule has 21 heavy (non-hydrogen) atoms. The summed E-state index contributed by atoms with van der Waals surface area (Å²) < 4.78 is 5.33. The van der Waals surface area contributed by atoms with E-state index >= 15 is 0 Å². The van der Waals surface area contributed by atoms with Gasteiger partial charge in [-0.2, -0.15) is 0 Å². The number of nitrogens with zero attached hydrogens (tertiary/aromatic N) is 1. The molecule has 0 unspecified atom stereocenters. The molecule has 3 aromatic heterocycles. The average molecular weight is 319 g/mol. The first-order chi connectivity index (χ1) is 10.2. The highest BCUT2D eigenvalue weighted by atomic mass is 32.1. The molecule has 0 atom stereocenters. The lowest BCUT2D eigenvalue weighted by Gasteiger charge is -2.04. The van der Waals surface area contributed by atoms with E-state index in [1.807, 2.05) is 36.6 Å². The van der Waals surface area contributed by atoms with Crippen molar-refractivity contribution in [3.8, 4) is 10.8 Å². The molecule has 0 aromatic carbocycles. The molecule has 108 valence electrons. The van der Waals surface area contributed by atoms with Crippen molar-refractivity contribution in [3.05, 3.63) is 46.5 Å². The van der Waals surface area contributed by atoms with E-state index < -0.39 is 0 Å². The molecule has 2 N–H and O–H groups in total. The van der Waals surface area contributed by atoms with Gasteiger partial charge in [0.2, 0.25) is 0 Å². The van der Waals surface area contributed by atoms with E-state index in [0.29, 0.717) is 6.54 Å². The van der Waals surface area contributed by atoms with Crippen molar-refractivity contribution in [2.24, 2.45) is 0 Å². The predicted octanol–water partition coefficient (Wildman–Crippen LogP) is 4.09. The van der Waals surface area contributed by atoms with Crippen LogP contribution in [0.4, 0.5) is 9.80 Å². The molecule has 3 heterocycles. The van der Waals surface area contributed by atoms with E-state index in [1.165, 1.54) is 22.7 Å². The lowest BCUT2D eigenvalue weighted by atomic mass is 10.4. The SMILES string of the molecule is Cc1nc(-c2ccco2)sc1CNC(=O)Nc1cccs1. The van der Waals surface area contributed by atoms with Crippen molar-refractivity contribution in [1.29, 1.82) is 0 Å². The van der Waals surface area contributed by atoms with Crippen molar-refractivity contribution in [2.75, 3.05) is 5.32 Å². The summed E-state index contributed by atoms with van der Waals surface area (Å²) in [5, 5.41) is 9.18. The van der Waals surface area contributed by atoms with Gasteiger partial charge in [0, 0.05) is 4.88 Å². The number of thiophene rings is 1. The van der Waals surface area contributed by atoms with Gasteiger partial charge in [-0.3, -0.25) is 5.32 Å². The van der Waals surface area contributed by atoms with Crippen LogP contribution in [0.1, 0.15) is 10.6 Å². The van der Waals surface area contributed by atoms with Gasteiger partial charge in [-0.05, 0) is 36.6 Å². The van der Waals surface area contributed by atoms with Gasteiger partial charge < -0.3 is 9.73 Å². The summed E-state index contributed by atoms with van der Waals surface area (Å²) in [6.07, 6.45) is 1.62. The van der Waals surface area contributed by atoms with Gasteiger partial charge in [0.15, 0.2) is 10.8 Å². The van der Waals surface area contributed by atoms with Crippen molar-refractivity contribution < 1.29 is 9.21 Å². The summed E-state index contributed by atoms with van der Waals surface area (Å²) >= 11 is 3.01. The molecule has 2 amide bonds. The van der Waals surface area contributed by atoms with Crippen LogP contribution < -0.4 is 10.6 Å². The van der Waals surface area contributed by atoms with E-state index in [-0.39, 0.29) is 6.03 Å². The number of aromatic nitrogens is 1. The van der Waals surface area contributed by atoms with E-state index in [2.05, 4.69) is 15.6 Å². The number of carbonyl (C=O) groups excluding carboxylic acids is 1. The van der Waals surface area contributed by atoms with Crippen molar-refractivity contribution in [2.45, 2.75) is 13.5 Å². The Morgan fingerprint density at radius 2 is 2.29 bits per heavy atom. The molecule has 0 aliphatic heterocycles. The lowest BCUT2D eigenvalue weighted by molar-refractivity contribution is 0.252. The topological polar surface area (TPSA) is 67.2 Å². The van der Waals surface area contributed by atoms with Gasteiger partial charge in [-0.1, -0.05) is 0 Å². The third-order valence-electron chi connectivity index (χ3n) is 2.79. The largest absolute Gasteiger partial charge is 0.462 e. The highest BCUT2D eigenvalue weighted by Gasteiger charge is 2.12. The van der Waals surface area contributed by atoms with Crippen molar-refractivity contribution in [1.82, 2.24) is 10.3 Å². The van der Waals surface area contributed by atoms with Crippen LogP contribution in [-0.4, -0.2) is 11.0 Å². The average Bonchev–Trinajstić information content (AvgIpc) is 3.17. The fraction of sp³-hybridized carbons (Fsp3) is 0.143. The van der Waals surface area contributed by atoms with E-state index in [9.17, 15) is 4.79 Å². The Bertz CT molecular complexity index is 718. The number of nitrogens with one attached hydrogen (secondary N) is 2. The Balaban J connectivity index is 1.61. The van der Waals surface area contributed by atoms with Gasteiger partial charge >= 0.3 is 6.03 Å². The van der Waals surface area contributed by atoms with E-state index in [4.69, 9.17) is 4.42 Å². The van der Waals surface area contributed by atoms with Crippen molar-refractivity contribution >= 4 is 33.7 Å². The minimum atomic E-state index is -0.218. The van der Waals surface area contributed by atoms with Crippen LogP contribution in [0.25, 0.3) is 10.8 Å². The molecule has 0 radical (unpaired) electrons. The number of anilines is 1. The molecule has 0 fully saturated rings. The summed E-state index contributed by atoms with van der Waals surface area (Å²) in [4.78, 5) is 17.3. The first-order valence-electron chi connectivity index (χ1n) is 6.31. The van der Waals surface area contributed by atoms with Crippen molar-refractivity contribution in [3.63, 3.8) is 0 Å². The zero-order valence-electron chi connectivity index (χ0n) is 11.3. The Labute approximate surface area is 129 Å². The van der Waals surface area contributed by atoms with E-state index in [1.54, 1.807) is 6.26 Å². The summed E-state index contributed by atoms with van der Waals surface area (Å²) in [6, 6.07) is 7.24. The predicted molar refractivity (Wildman–Crippen MR) is 84.7 cm³/mol. The second kappa shape index (κ2) is 6.11. The minimum Gasteiger partial charge on any atom is -0.462 e. The van der Waals surface area contributed by atoms with Crippen LogP contribution in [0.5, 0.6) is 0 Å². The lowest BCUT2D eigenvalue weighted by Crippen LogP contribution is -2.27. The normalized spacial score (nSPS) is 10.5. The third kappa shape index (κ3) is 3.32. The monoisotopic (exact) mass is 319 g/mol. The molecule has 3 rings (SSSR count). The number of aryl methyl sites for hydroxylation is 1. The van der Waals surface area contributed by atoms with Crippen LogP contribution >= 0.6 is 22.7 Å². The standard InChI is InChI=1S/C14H13N3O2S2/c1-9-11(21-13(16-9)10-4-2-6-19-10)8-15-14(18)17-12-5-3-7-20-12/h2-7H,8H2,1H3,(H2,15,17,18). The summed E-state index contributed by atoms with van der Waals surface area (Å²) in [7, 11) is 0. The second-order valence-electron chi connectivity index (χ2n) is 4.29. The number of carbonyl (C=O) groups is 1. The molecule has 3 aromatic rings. The van der Waals surface area contributed by atoms with Gasteiger partial charge in [0.1, 0.15) is 0 Å². The van der Waals surface area contributed by atoms with E-state index in [0.717, 1.165) is 26.3 Å². The maximum atomic E-state index is 11.8. The summed E-state index contributed by atoms with van der Waals surface area (Å²) in [6.45, 7) is 2.37. The fourth-order valence-corrected chi connectivity index (χ4v) is 3.35. The van der Waals surface area contributed by atoms with Crippen LogP contribution in [-0.2, 0) is 6.54 Å². The minimum absolute atomic E-state index is 0.218. The number of amides is 2. The Morgan fingerprint density at radius 3 is 3.00 bits per heavy atom. The van der Waals surface area contributed by atoms with Gasteiger partial charge in [0.25, 0.3) is 0 Å². The Morgan fingerprint density at radius 1 is 1.38 bits per heavy atom.